The minimum Gasteiger partial charge on any atom is -0.321 e. The maximum atomic E-state index is 12.2. The van der Waals surface area contributed by atoms with Crippen LogP contribution in [0, 0.1) is 0 Å². The minimum atomic E-state index is -4.12. The lowest BCUT2D eigenvalue weighted by molar-refractivity contribution is -0.901. The van der Waals surface area contributed by atoms with Gasteiger partial charge in [0.05, 0.1) is 20.6 Å². The van der Waals surface area contributed by atoms with E-state index in [4.69, 9.17) is 11.8 Å². The molecule has 0 aromatic heterocycles. The van der Waals surface area contributed by atoms with Crippen LogP contribution in [-0.4, -0.2) is 43.4 Å². The Morgan fingerprint density at radius 2 is 1.67 bits per heavy atom. The van der Waals surface area contributed by atoms with E-state index in [-0.39, 0.29) is 10.0 Å². The minimum absolute atomic E-state index is 0.0779. The summed E-state index contributed by atoms with van der Waals surface area (Å²) in [4.78, 5) is 2.56. The molecule has 0 amide bonds. The molecule has 0 heterocycles. The predicted molar refractivity (Wildman–Crippen MR) is 55.6 cm³/mol. The lowest BCUT2D eigenvalue weighted by Gasteiger charge is -2.33. The van der Waals surface area contributed by atoms with Gasteiger partial charge in [-0.3, -0.25) is 0 Å². The van der Waals surface area contributed by atoms with Crippen LogP contribution >= 0.6 is 11.8 Å². The fraction of sp³-hybridized carbons (Fsp3) is 1.00. The van der Waals surface area contributed by atoms with Gasteiger partial charge in [0, 0.05) is 12.0 Å². The van der Waals surface area contributed by atoms with Crippen molar-refractivity contribution in [1.29, 1.82) is 0 Å². The molecule has 1 N–H and O–H groups in total. The maximum Gasteiger partial charge on any atom is 0.438 e. The highest BCUT2D eigenvalue weighted by atomic mass is 35.5. The van der Waals surface area contributed by atoms with E-state index in [1.54, 1.807) is 14.1 Å². The third kappa shape index (κ3) is 7.88. The average molecular weight is 248 g/mol. The van der Waals surface area contributed by atoms with Crippen LogP contribution in [-0.2, 0) is 0 Å². The molecule has 0 aliphatic carbocycles. The molecule has 0 fully saturated rings. The molecule has 15 heavy (non-hydrogen) atoms. The van der Waals surface area contributed by atoms with Crippen molar-refractivity contribution in [2.75, 3.05) is 27.2 Å². The first-order valence-electron chi connectivity index (χ1n) is 4.74. The summed E-state index contributed by atoms with van der Waals surface area (Å²) < 4.78 is 36.5. The van der Waals surface area contributed by atoms with Crippen LogP contribution in [0.4, 0.5) is 13.2 Å². The predicted octanol–water partition coefficient (Wildman–Crippen LogP) is 2.54. The molecule has 0 atom stereocenters. The smallest absolute Gasteiger partial charge is 0.321 e. The van der Waals surface area contributed by atoms with Crippen LogP contribution in [0.3, 0.4) is 0 Å². The second kappa shape index (κ2) is 4.89. The van der Waals surface area contributed by atoms with Gasteiger partial charge in [0.15, 0.2) is 6.54 Å². The van der Waals surface area contributed by atoms with Gasteiger partial charge < -0.3 is 4.48 Å². The van der Waals surface area contributed by atoms with E-state index < -0.39 is 12.7 Å². The summed E-state index contributed by atoms with van der Waals surface area (Å²) in [6.45, 7) is 3.32. The van der Waals surface area contributed by atoms with Gasteiger partial charge in [-0.2, -0.15) is 13.2 Å². The first-order chi connectivity index (χ1) is 6.47. The molecule has 0 aromatic rings. The average Bonchev–Trinajstić information content (AvgIpc) is 1.97. The SMILES string of the molecule is CC(C)(CC[N+](C)(C)CC(F)(F)F)NCl. The van der Waals surface area contributed by atoms with Gasteiger partial charge in [-0.1, -0.05) is 0 Å². The van der Waals surface area contributed by atoms with Crippen molar-refractivity contribution in [3.63, 3.8) is 0 Å². The lowest BCUT2D eigenvalue weighted by atomic mass is 10.0. The molecule has 0 aliphatic heterocycles. The fourth-order valence-corrected chi connectivity index (χ4v) is 1.29. The Morgan fingerprint density at radius 3 is 2.00 bits per heavy atom. The fourth-order valence-electron chi connectivity index (χ4n) is 1.19. The van der Waals surface area contributed by atoms with E-state index in [0.29, 0.717) is 13.0 Å². The van der Waals surface area contributed by atoms with E-state index in [1.165, 1.54) is 0 Å². The van der Waals surface area contributed by atoms with E-state index >= 15 is 0 Å². The number of quaternary nitrogens is 1. The Kier molecular flexibility index (Phi) is 4.89. The number of alkyl halides is 3. The molecule has 0 saturated heterocycles. The summed E-state index contributed by atoms with van der Waals surface area (Å²) in [6, 6.07) is 0. The first-order valence-corrected chi connectivity index (χ1v) is 5.12. The zero-order valence-electron chi connectivity index (χ0n) is 9.58. The van der Waals surface area contributed by atoms with Gasteiger partial charge in [-0.25, -0.2) is 4.84 Å². The molecule has 0 aliphatic rings. The third-order valence-corrected chi connectivity index (χ3v) is 2.72. The van der Waals surface area contributed by atoms with E-state index in [2.05, 4.69) is 4.84 Å². The normalized spacial score (nSPS) is 14.4. The highest BCUT2D eigenvalue weighted by Crippen LogP contribution is 2.21. The topological polar surface area (TPSA) is 12.0 Å². The van der Waals surface area contributed by atoms with Crippen molar-refractivity contribution in [3.05, 3.63) is 0 Å². The molecule has 0 bridgehead atoms. The van der Waals surface area contributed by atoms with Crippen molar-refractivity contribution in [2.45, 2.75) is 32.0 Å². The van der Waals surface area contributed by atoms with Crippen LogP contribution in [0.15, 0.2) is 0 Å². The molecular formula is C9H19ClF3N2+. The molecule has 0 spiro atoms. The van der Waals surface area contributed by atoms with Crippen LogP contribution in [0.2, 0.25) is 0 Å². The zero-order valence-corrected chi connectivity index (χ0v) is 10.3. The van der Waals surface area contributed by atoms with Crippen LogP contribution in [0.1, 0.15) is 20.3 Å². The molecule has 0 radical (unpaired) electrons. The number of nitrogens with one attached hydrogen (secondary N) is 1. The summed E-state index contributed by atoms with van der Waals surface area (Å²) >= 11 is 5.48. The summed E-state index contributed by atoms with van der Waals surface area (Å²) in [7, 11) is 3.13. The first kappa shape index (κ1) is 15.0. The second-order valence-corrected chi connectivity index (χ2v) is 5.35. The molecular weight excluding hydrogens is 229 g/mol. The number of nitrogens with zero attached hydrogens (tertiary/aromatic N) is 1. The van der Waals surface area contributed by atoms with Crippen molar-refractivity contribution in [3.8, 4) is 0 Å². The van der Waals surface area contributed by atoms with Gasteiger partial charge in [-0.05, 0) is 25.6 Å². The monoisotopic (exact) mass is 247 g/mol. The number of halogens is 4. The van der Waals surface area contributed by atoms with E-state index in [1.807, 2.05) is 13.8 Å². The molecule has 0 aromatic carbocycles. The molecule has 0 unspecified atom stereocenters. The van der Waals surface area contributed by atoms with Gasteiger partial charge in [-0.15, -0.1) is 0 Å². The van der Waals surface area contributed by atoms with Crippen LogP contribution in [0.25, 0.3) is 0 Å². The van der Waals surface area contributed by atoms with Crippen LogP contribution < -0.4 is 4.84 Å². The van der Waals surface area contributed by atoms with Crippen molar-refractivity contribution >= 4 is 11.8 Å². The Balaban J connectivity index is 4.16. The second-order valence-electron chi connectivity index (χ2n) is 5.16. The van der Waals surface area contributed by atoms with Crippen molar-refractivity contribution < 1.29 is 17.7 Å². The number of hydrogen-bond donors (Lipinski definition) is 1. The standard InChI is InChI=1S/C9H19ClF3N2/c1-8(2,14-10)5-6-15(3,4)7-9(11,12)13/h14H,5-7H2,1-4H3/q+1. The Labute approximate surface area is 94.1 Å². The molecule has 6 heteroatoms. The van der Waals surface area contributed by atoms with Crippen molar-refractivity contribution in [2.24, 2.45) is 0 Å². The van der Waals surface area contributed by atoms with Gasteiger partial charge in [0.25, 0.3) is 0 Å². The largest absolute Gasteiger partial charge is 0.438 e. The molecule has 0 rings (SSSR count). The summed E-state index contributed by atoms with van der Waals surface area (Å²) in [5.74, 6) is 0. The van der Waals surface area contributed by atoms with Crippen LogP contribution in [0.5, 0.6) is 0 Å². The number of rotatable bonds is 5. The Morgan fingerprint density at radius 1 is 1.20 bits per heavy atom. The van der Waals surface area contributed by atoms with E-state index in [9.17, 15) is 13.2 Å². The third-order valence-electron chi connectivity index (χ3n) is 2.21. The van der Waals surface area contributed by atoms with Gasteiger partial charge in [0.1, 0.15) is 0 Å². The Bertz CT molecular complexity index is 202. The molecule has 0 saturated carbocycles. The lowest BCUT2D eigenvalue weighted by Crippen LogP contribution is -2.50. The highest BCUT2D eigenvalue weighted by Gasteiger charge is 2.37. The van der Waals surface area contributed by atoms with Crippen molar-refractivity contribution in [1.82, 2.24) is 4.84 Å². The van der Waals surface area contributed by atoms with E-state index in [0.717, 1.165) is 0 Å². The highest BCUT2D eigenvalue weighted by molar-refractivity contribution is 6.13. The maximum absolute atomic E-state index is 12.2. The zero-order chi connectivity index (χ0) is 12.3. The van der Waals surface area contributed by atoms with Gasteiger partial charge in [0.2, 0.25) is 0 Å². The molecule has 92 valence electrons. The quantitative estimate of drug-likeness (QED) is 0.582. The summed E-state index contributed by atoms with van der Waals surface area (Å²) in [6.07, 6.45) is -3.54. The summed E-state index contributed by atoms with van der Waals surface area (Å²) in [5.41, 5.74) is -0.345. The Hall–Kier alpha value is 0. The summed E-state index contributed by atoms with van der Waals surface area (Å²) in [5, 5.41) is 0. The number of hydrogen-bond acceptors (Lipinski definition) is 1. The molecule has 2 nitrogen and oxygen atoms in total. The van der Waals surface area contributed by atoms with Gasteiger partial charge >= 0.3 is 6.18 Å².